The lowest BCUT2D eigenvalue weighted by atomic mass is 10.0. The maximum absolute atomic E-state index is 12.6. The van der Waals surface area contributed by atoms with Gasteiger partial charge in [0, 0.05) is 18.9 Å². The van der Waals surface area contributed by atoms with E-state index in [1.165, 1.54) is 19.1 Å². The van der Waals surface area contributed by atoms with E-state index in [4.69, 9.17) is 0 Å². The molecule has 1 aliphatic heterocycles. The molecule has 1 N–H and O–H groups in total. The molecule has 2 unspecified atom stereocenters. The van der Waals surface area contributed by atoms with Crippen LogP contribution in [0.3, 0.4) is 0 Å². The van der Waals surface area contributed by atoms with Crippen LogP contribution in [-0.4, -0.2) is 35.9 Å². The molecule has 0 saturated carbocycles. The number of hydrogen-bond donors (Lipinski definition) is 2. The number of rotatable bonds is 5. The summed E-state index contributed by atoms with van der Waals surface area (Å²) in [5, 5.41) is 1.41. The summed E-state index contributed by atoms with van der Waals surface area (Å²) in [6.07, 6.45) is 6.28. The van der Waals surface area contributed by atoms with E-state index in [2.05, 4.69) is 18.5 Å². The molecular weight excluding hydrogens is 310 g/mol. The Morgan fingerprint density at radius 1 is 1.43 bits per heavy atom. The van der Waals surface area contributed by atoms with Gasteiger partial charge in [-0.15, -0.1) is 0 Å². The highest BCUT2D eigenvalue weighted by molar-refractivity contribution is 7.96. The van der Waals surface area contributed by atoms with Crippen molar-refractivity contribution in [2.24, 2.45) is 0 Å². The predicted molar refractivity (Wildman–Crippen MR) is 85.9 cm³/mol. The molecule has 0 bridgehead atoms. The third-order valence-electron chi connectivity index (χ3n) is 3.05. The Kier molecular flexibility index (Phi) is 6.94. The number of carbonyl (C=O) groups is 1. The van der Waals surface area contributed by atoms with E-state index in [9.17, 15) is 17.8 Å². The van der Waals surface area contributed by atoms with Crippen molar-refractivity contribution in [2.75, 3.05) is 6.54 Å². The van der Waals surface area contributed by atoms with Gasteiger partial charge in [0.05, 0.1) is 11.8 Å². The molecule has 0 aromatic carbocycles. The third-order valence-corrected chi connectivity index (χ3v) is 5.82. The molecule has 0 aliphatic carbocycles. The lowest BCUT2D eigenvalue weighted by molar-refractivity contribution is -0.118. The zero-order valence-corrected chi connectivity index (χ0v) is 13.5. The van der Waals surface area contributed by atoms with E-state index < -0.39 is 32.4 Å². The van der Waals surface area contributed by atoms with Gasteiger partial charge in [-0.3, -0.25) is 4.79 Å². The average Bonchev–Trinajstić information content (AvgIpc) is 2.41. The van der Waals surface area contributed by atoms with Gasteiger partial charge in [0.15, 0.2) is 4.91 Å². The second-order valence-electron chi connectivity index (χ2n) is 4.52. The number of amides is 1. The molecule has 1 saturated heterocycles. The summed E-state index contributed by atoms with van der Waals surface area (Å²) < 4.78 is 35.6. The monoisotopic (exact) mass is 329 g/mol. The lowest BCUT2D eigenvalue weighted by Gasteiger charge is -2.32. The Balaban J connectivity index is 3.19. The van der Waals surface area contributed by atoms with Crippen LogP contribution in [0.1, 0.15) is 13.3 Å². The van der Waals surface area contributed by atoms with Crippen LogP contribution in [0, 0.1) is 0 Å². The zero-order chi connectivity index (χ0) is 16.0. The Morgan fingerprint density at radius 2 is 2.05 bits per heavy atom. The second-order valence-corrected chi connectivity index (χ2v) is 7.41. The first-order valence-electron chi connectivity index (χ1n) is 6.36. The van der Waals surface area contributed by atoms with Crippen LogP contribution >= 0.6 is 0 Å². The van der Waals surface area contributed by atoms with Crippen LogP contribution in [0.5, 0.6) is 0 Å². The largest absolute Gasteiger partial charge is 0.611 e. The molecule has 3 atom stereocenters. The smallest absolute Gasteiger partial charge is 0.217 e. The third kappa shape index (κ3) is 4.59. The Morgan fingerprint density at radius 3 is 2.52 bits per heavy atom. The van der Waals surface area contributed by atoms with E-state index in [-0.39, 0.29) is 18.9 Å². The molecule has 1 fully saturated rings. The number of nitrogens with one attached hydrogen (secondary N) is 1. The maximum atomic E-state index is 12.6. The van der Waals surface area contributed by atoms with E-state index in [1.54, 1.807) is 12.2 Å². The highest BCUT2D eigenvalue weighted by Crippen LogP contribution is 2.35. The second kappa shape index (κ2) is 8.21. The Labute approximate surface area is 129 Å². The minimum atomic E-state index is -2.72. The van der Waals surface area contributed by atoms with Gasteiger partial charge in [-0.1, -0.05) is 31.4 Å². The summed E-state index contributed by atoms with van der Waals surface area (Å²) in [6, 6.07) is 0. The van der Waals surface area contributed by atoms with Gasteiger partial charge < -0.3 is 9.87 Å². The van der Waals surface area contributed by atoms with Crippen LogP contribution in [0.25, 0.3) is 0 Å². The minimum Gasteiger partial charge on any atom is -0.611 e. The summed E-state index contributed by atoms with van der Waals surface area (Å²) in [5.41, 5.74) is 0.485. The molecule has 1 aliphatic rings. The minimum absolute atomic E-state index is 0.178. The van der Waals surface area contributed by atoms with E-state index in [0.29, 0.717) is 10.5 Å². The predicted octanol–water partition coefficient (Wildman–Crippen LogP) is 0.806. The Bertz CT molecular complexity index is 555. The van der Waals surface area contributed by atoms with Gasteiger partial charge >= 0.3 is 0 Å². The van der Waals surface area contributed by atoms with Gasteiger partial charge in [-0.05, 0) is 17.3 Å². The molecule has 5 nitrogen and oxygen atoms in total. The fraction of sp³-hybridized carbons (Fsp3) is 0.357. The SMILES string of the molecule is C=C/C=C1\C(=C/C=C)[S+]([O-])[C@@H](CNC(C)=O)CC1[SH](=O)=O. The Hall–Kier alpha value is -1.31. The topological polar surface area (TPSA) is 86.3 Å². The molecule has 116 valence electrons. The van der Waals surface area contributed by atoms with E-state index in [1.807, 2.05) is 0 Å². The zero-order valence-electron chi connectivity index (χ0n) is 11.8. The van der Waals surface area contributed by atoms with E-state index >= 15 is 0 Å². The van der Waals surface area contributed by atoms with Crippen molar-refractivity contribution in [1.82, 2.24) is 5.32 Å². The van der Waals surface area contributed by atoms with Gasteiger partial charge in [0.1, 0.15) is 16.0 Å². The fourth-order valence-electron chi connectivity index (χ4n) is 2.13. The van der Waals surface area contributed by atoms with Gasteiger partial charge in [-0.25, -0.2) is 8.42 Å². The summed E-state index contributed by atoms with van der Waals surface area (Å²) in [6.45, 7) is 8.67. The van der Waals surface area contributed by atoms with Crippen LogP contribution < -0.4 is 5.32 Å². The van der Waals surface area contributed by atoms with Crippen molar-refractivity contribution < 1.29 is 17.8 Å². The van der Waals surface area contributed by atoms with Gasteiger partial charge in [0.25, 0.3) is 0 Å². The summed E-state index contributed by atoms with van der Waals surface area (Å²) in [4.78, 5) is 11.4. The van der Waals surface area contributed by atoms with Crippen molar-refractivity contribution in [3.8, 4) is 0 Å². The van der Waals surface area contributed by atoms with Crippen molar-refractivity contribution in [2.45, 2.75) is 23.8 Å². The molecule has 0 spiro atoms. The highest BCUT2D eigenvalue weighted by Gasteiger charge is 2.41. The first-order valence-corrected chi connectivity index (χ1v) is 8.82. The molecular formula is C14H19NO4S2. The van der Waals surface area contributed by atoms with Crippen molar-refractivity contribution in [3.63, 3.8) is 0 Å². The van der Waals surface area contributed by atoms with Crippen LogP contribution in [0.2, 0.25) is 0 Å². The normalized spacial score (nSPS) is 29.6. The number of thiol groups is 1. The molecule has 21 heavy (non-hydrogen) atoms. The number of hydrogen-bond acceptors (Lipinski definition) is 4. The number of carbonyl (C=O) groups excluding carboxylic acids is 1. The molecule has 0 aromatic rings. The van der Waals surface area contributed by atoms with Crippen LogP contribution in [0.4, 0.5) is 0 Å². The van der Waals surface area contributed by atoms with Gasteiger partial charge in [0.2, 0.25) is 5.91 Å². The van der Waals surface area contributed by atoms with E-state index in [0.717, 1.165) is 0 Å². The molecule has 0 radical (unpaired) electrons. The summed E-state index contributed by atoms with van der Waals surface area (Å²) in [7, 11) is -2.72. The van der Waals surface area contributed by atoms with Crippen molar-refractivity contribution >= 4 is 27.8 Å². The standard InChI is InChI=1S/C14H19NO4S2/c1-4-6-12-13(7-5-2)20(17)11(9-15-10(3)16)8-14(12)21(18)19/h4-7,11,14,21H,1-2,8-9H2,3H3,(H,15,16)/b12-6+,13-7+/t11-,14?,20?/m1/s1. The first kappa shape index (κ1) is 17.7. The molecule has 1 rings (SSSR count). The van der Waals surface area contributed by atoms with Crippen molar-refractivity contribution in [1.29, 1.82) is 0 Å². The number of allylic oxidation sites excluding steroid dienone is 5. The molecule has 1 heterocycles. The maximum Gasteiger partial charge on any atom is 0.217 e. The van der Waals surface area contributed by atoms with Crippen LogP contribution in [0.15, 0.2) is 47.9 Å². The van der Waals surface area contributed by atoms with Crippen molar-refractivity contribution in [3.05, 3.63) is 47.9 Å². The highest BCUT2D eigenvalue weighted by atomic mass is 32.2. The summed E-state index contributed by atoms with van der Waals surface area (Å²) >= 11 is -1.41. The molecule has 1 amide bonds. The van der Waals surface area contributed by atoms with Crippen LogP contribution in [-0.2, 0) is 26.7 Å². The first-order chi connectivity index (χ1) is 9.92. The lowest BCUT2D eigenvalue weighted by Crippen LogP contribution is -2.43. The fourth-order valence-corrected chi connectivity index (χ4v) is 4.87. The van der Waals surface area contributed by atoms with Gasteiger partial charge in [-0.2, -0.15) is 0 Å². The quantitative estimate of drug-likeness (QED) is 0.577. The average molecular weight is 329 g/mol. The summed E-state index contributed by atoms with van der Waals surface area (Å²) in [5.74, 6) is -0.239. The molecule has 0 aromatic heterocycles. The molecule has 7 heteroatoms.